The summed E-state index contributed by atoms with van der Waals surface area (Å²) in [6, 6.07) is 2.91. The number of carbonyl (C=O) groups is 2. The van der Waals surface area contributed by atoms with E-state index in [9.17, 15) is 9.59 Å². The Kier molecular flexibility index (Phi) is 5.68. The molecule has 6 heteroatoms. The number of rotatable bonds is 6. The van der Waals surface area contributed by atoms with Gasteiger partial charge in [-0.15, -0.1) is 0 Å². The molecule has 1 atom stereocenters. The quantitative estimate of drug-likeness (QED) is 0.844. The molecule has 0 radical (unpaired) electrons. The average molecular weight is 299 g/mol. The maximum Gasteiger partial charge on any atom is 0.305 e. The first-order valence-corrected chi connectivity index (χ1v) is 7.73. The van der Waals surface area contributed by atoms with Crippen molar-refractivity contribution in [2.24, 2.45) is 5.41 Å². The number of aliphatic carboxylic acids is 1. The van der Waals surface area contributed by atoms with Crippen molar-refractivity contribution in [1.82, 2.24) is 5.32 Å². The number of hydrogen-bond donors (Lipinski definition) is 2. The molecule has 0 bridgehead atoms. The van der Waals surface area contributed by atoms with Gasteiger partial charge in [0.1, 0.15) is 5.76 Å². The molecular weight excluding hydrogens is 278 g/mol. The molecule has 1 amide bonds. The molecule has 20 heavy (non-hydrogen) atoms. The number of hydrogen-bond acceptors (Lipinski definition) is 4. The van der Waals surface area contributed by atoms with Gasteiger partial charge in [0, 0.05) is 6.04 Å². The third kappa shape index (κ3) is 4.92. The number of carboxylic acid groups (broad SMARTS) is 1. The first-order valence-electron chi connectivity index (χ1n) is 6.34. The molecule has 112 valence electrons. The summed E-state index contributed by atoms with van der Waals surface area (Å²) in [5.74, 6) is 0.332. The van der Waals surface area contributed by atoms with Gasteiger partial charge in [0.2, 0.25) is 0 Å². The van der Waals surface area contributed by atoms with Crippen LogP contribution in [0.4, 0.5) is 0 Å². The second-order valence-electron chi connectivity index (χ2n) is 5.69. The Labute approximate surface area is 123 Å². The maximum absolute atomic E-state index is 12.1. The highest BCUT2D eigenvalue weighted by atomic mass is 32.2. The molecule has 1 aromatic heterocycles. The zero-order valence-electron chi connectivity index (χ0n) is 12.2. The van der Waals surface area contributed by atoms with Gasteiger partial charge in [-0.25, -0.2) is 0 Å². The van der Waals surface area contributed by atoms with Crippen molar-refractivity contribution in [3.63, 3.8) is 0 Å². The number of carbonyl (C=O) groups excluding carboxylic acids is 1. The van der Waals surface area contributed by atoms with Crippen LogP contribution in [-0.2, 0) is 10.5 Å². The van der Waals surface area contributed by atoms with Gasteiger partial charge in [-0.05, 0) is 23.8 Å². The van der Waals surface area contributed by atoms with Gasteiger partial charge in [0.15, 0.2) is 5.76 Å². The average Bonchev–Trinajstić information content (AvgIpc) is 2.75. The summed E-state index contributed by atoms with van der Waals surface area (Å²) >= 11 is 1.60. The van der Waals surface area contributed by atoms with E-state index in [4.69, 9.17) is 9.52 Å². The Morgan fingerprint density at radius 1 is 1.40 bits per heavy atom. The zero-order valence-corrected chi connectivity index (χ0v) is 13.0. The van der Waals surface area contributed by atoms with E-state index in [-0.39, 0.29) is 23.5 Å². The largest absolute Gasteiger partial charge is 0.481 e. The molecule has 1 aromatic rings. The van der Waals surface area contributed by atoms with Gasteiger partial charge in [-0.1, -0.05) is 20.8 Å². The first-order chi connectivity index (χ1) is 9.24. The van der Waals surface area contributed by atoms with Crippen molar-refractivity contribution < 1.29 is 19.1 Å². The lowest BCUT2D eigenvalue weighted by atomic mass is 9.84. The monoisotopic (exact) mass is 299 g/mol. The van der Waals surface area contributed by atoms with Crippen LogP contribution in [0.5, 0.6) is 0 Å². The van der Waals surface area contributed by atoms with E-state index in [0.717, 1.165) is 5.76 Å². The predicted octanol–water partition coefficient (Wildman–Crippen LogP) is 2.76. The lowest BCUT2D eigenvalue weighted by Gasteiger charge is -2.30. The third-order valence-corrected chi connectivity index (χ3v) is 3.47. The smallest absolute Gasteiger partial charge is 0.305 e. The van der Waals surface area contributed by atoms with Crippen molar-refractivity contribution in [2.45, 2.75) is 39.0 Å². The Hall–Kier alpha value is -1.43. The minimum Gasteiger partial charge on any atom is -0.481 e. The minimum atomic E-state index is -0.937. The predicted molar refractivity (Wildman–Crippen MR) is 78.9 cm³/mol. The second kappa shape index (κ2) is 6.83. The summed E-state index contributed by atoms with van der Waals surface area (Å²) in [7, 11) is 0. The fourth-order valence-electron chi connectivity index (χ4n) is 1.70. The van der Waals surface area contributed by atoms with E-state index in [1.54, 1.807) is 23.9 Å². The molecule has 0 spiro atoms. The van der Waals surface area contributed by atoms with Crippen LogP contribution in [-0.4, -0.2) is 29.3 Å². The third-order valence-electron chi connectivity index (χ3n) is 2.90. The van der Waals surface area contributed by atoms with Crippen molar-refractivity contribution in [3.05, 3.63) is 23.7 Å². The Morgan fingerprint density at radius 2 is 2.05 bits per heavy atom. The van der Waals surface area contributed by atoms with Crippen LogP contribution >= 0.6 is 11.8 Å². The summed E-state index contributed by atoms with van der Waals surface area (Å²) in [4.78, 5) is 23.0. The lowest BCUT2D eigenvalue weighted by molar-refractivity contribution is -0.138. The summed E-state index contributed by atoms with van der Waals surface area (Å²) in [5, 5.41) is 11.7. The molecular formula is C14H21NO4S. The molecule has 0 aliphatic heterocycles. The van der Waals surface area contributed by atoms with Crippen LogP contribution in [0.3, 0.4) is 0 Å². The first kappa shape index (κ1) is 16.6. The van der Waals surface area contributed by atoms with Gasteiger partial charge >= 0.3 is 5.97 Å². The highest BCUT2D eigenvalue weighted by molar-refractivity contribution is 7.97. The highest BCUT2D eigenvalue weighted by Crippen LogP contribution is 2.22. The van der Waals surface area contributed by atoms with Crippen molar-refractivity contribution >= 4 is 23.6 Å². The normalized spacial score (nSPS) is 13.0. The van der Waals surface area contributed by atoms with Crippen LogP contribution in [0.15, 0.2) is 16.5 Å². The summed E-state index contributed by atoms with van der Waals surface area (Å²) < 4.78 is 5.42. The Balaban J connectivity index is 2.76. The number of nitrogens with one attached hydrogen (secondary N) is 1. The summed E-state index contributed by atoms with van der Waals surface area (Å²) in [5.41, 5.74) is -0.345. The minimum absolute atomic E-state index is 0.117. The number of thioether (sulfide) groups is 1. The van der Waals surface area contributed by atoms with Gasteiger partial charge in [0.05, 0.1) is 12.2 Å². The SMILES string of the molecule is CSCc1ccc(C(=O)NC(CC(=O)O)C(C)(C)C)o1. The molecule has 0 aliphatic carbocycles. The number of amides is 1. The van der Waals surface area contributed by atoms with Crippen molar-refractivity contribution in [3.8, 4) is 0 Å². The van der Waals surface area contributed by atoms with Crippen LogP contribution in [0.1, 0.15) is 43.5 Å². The molecule has 0 aliphatic rings. The fourth-order valence-corrected chi connectivity index (χ4v) is 2.14. The van der Waals surface area contributed by atoms with E-state index in [1.165, 1.54) is 0 Å². The molecule has 1 unspecified atom stereocenters. The Bertz CT molecular complexity index is 476. The fraction of sp³-hybridized carbons (Fsp3) is 0.571. The van der Waals surface area contributed by atoms with E-state index < -0.39 is 12.0 Å². The molecule has 5 nitrogen and oxygen atoms in total. The van der Waals surface area contributed by atoms with Crippen LogP contribution in [0.2, 0.25) is 0 Å². The van der Waals surface area contributed by atoms with Crippen LogP contribution < -0.4 is 5.32 Å². The van der Waals surface area contributed by atoms with Crippen LogP contribution in [0, 0.1) is 5.41 Å². The maximum atomic E-state index is 12.1. The molecule has 0 fully saturated rings. The second-order valence-corrected chi connectivity index (χ2v) is 6.55. The van der Waals surface area contributed by atoms with E-state index in [0.29, 0.717) is 5.75 Å². The topological polar surface area (TPSA) is 79.5 Å². The molecule has 0 saturated carbocycles. The van der Waals surface area contributed by atoms with Crippen molar-refractivity contribution in [1.29, 1.82) is 0 Å². The molecule has 1 rings (SSSR count). The summed E-state index contributed by atoms with van der Waals surface area (Å²) in [6.45, 7) is 5.67. The van der Waals surface area contributed by atoms with Crippen LogP contribution in [0.25, 0.3) is 0 Å². The summed E-state index contributed by atoms with van der Waals surface area (Å²) in [6.07, 6.45) is 1.83. The van der Waals surface area contributed by atoms with Crippen molar-refractivity contribution in [2.75, 3.05) is 6.26 Å². The van der Waals surface area contributed by atoms with Gasteiger partial charge in [0.25, 0.3) is 5.91 Å². The highest BCUT2D eigenvalue weighted by Gasteiger charge is 2.29. The molecule has 0 aromatic carbocycles. The zero-order chi connectivity index (χ0) is 15.3. The number of furan rings is 1. The molecule has 0 saturated heterocycles. The van der Waals surface area contributed by atoms with E-state index in [2.05, 4.69) is 5.32 Å². The molecule has 2 N–H and O–H groups in total. The van der Waals surface area contributed by atoms with E-state index >= 15 is 0 Å². The number of carboxylic acids is 1. The Morgan fingerprint density at radius 3 is 2.55 bits per heavy atom. The van der Waals surface area contributed by atoms with Gasteiger partial charge in [-0.3, -0.25) is 9.59 Å². The van der Waals surface area contributed by atoms with Gasteiger partial charge < -0.3 is 14.8 Å². The van der Waals surface area contributed by atoms with Gasteiger partial charge in [-0.2, -0.15) is 11.8 Å². The molecule has 1 heterocycles. The lowest BCUT2D eigenvalue weighted by Crippen LogP contribution is -2.44. The van der Waals surface area contributed by atoms with E-state index in [1.807, 2.05) is 27.0 Å². The standard InChI is InChI=1S/C14H21NO4S/c1-14(2,3)11(7-12(16)17)15-13(18)10-6-5-9(19-10)8-20-4/h5-6,11H,7-8H2,1-4H3,(H,15,18)(H,16,17).